The van der Waals surface area contributed by atoms with Crippen LogP contribution in [0.25, 0.3) is 0 Å². The summed E-state index contributed by atoms with van der Waals surface area (Å²) in [7, 11) is 1.49. The number of hydrogen-bond donors (Lipinski definition) is 1. The highest BCUT2D eigenvalue weighted by Crippen LogP contribution is 2.30. The molecule has 1 saturated heterocycles. The maximum absolute atomic E-state index is 13.4. The van der Waals surface area contributed by atoms with Crippen molar-refractivity contribution in [2.75, 3.05) is 23.9 Å². The maximum Gasteiger partial charge on any atom is 0.332 e. The molecule has 4 amide bonds. The minimum atomic E-state index is -1.04. The second-order valence-corrected chi connectivity index (χ2v) is 8.14. The molecule has 0 aliphatic carbocycles. The van der Waals surface area contributed by atoms with E-state index in [0.717, 1.165) is 4.90 Å². The Morgan fingerprint density at radius 1 is 1.00 bits per heavy atom. The smallest absolute Gasteiger partial charge is 0.332 e. The molecular formula is C27H26FN3O5. The molecule has 1 aliphatic heterocycles. The number of benzene rings is 3. The normalized spacial score (nSPS) is 15.2. The van der Waals surface area contributed by atoms with Crippen molar-refractivity contribution in [1.29, 1.82) is 0 Å². The lowest BCUT2D eigenvalue weighted by Gasteiger charge is -2.21. The molecule has 0 radical (unpaired) electrons. The van der Waals surface area contributed by atoms with Gasteiger partial charge in [0.15, 0.2) is 0 Å². The molecule has 1 aliphatic rings. The quantitative estimate of drug-likeness (QED) is 0.442. The van der Waals surface area contributed by atoms with E-state index in [2.05, 4.69) is 5.32 Å². The van der Waals surface area contributed by atoms with Crippen LogP contribution < -0.4 is 19.7 Å². The van der Waals surface area contributed by atoms with E-state index in [4.69, 9.17) is 9.47 Å². The van der Waals surface area contributed by atoms with Crippen molar-refractivity contribution in [3.05, 3.63) is 84.2 Å². The van der Waals surface area contributed by atoms with Gasteiger partial charge in [0.25, 0.3) is 5.91 Å². The minimum absolute atomic E-state index is 0.0340. The largest absolute Gasteiger partial charge is 0.497 e. The van der Waals surface area contributed by atoms with Crippen LogP contribution in [0.1, 0.15) is 18.9 Å². The van der Waals surface area contributed by atoms with Crippen molar-refractivity contribution >= 4 is 29.2 Å². The number of nitrogens with one attached hydrogen (secondary N) is 1. The fourth-order valence-electron chi connectivity index (χ4n) is 3.98. The van der Waals surface area contributed by atoms with Crippen LogP contribution in [-0.2, 0) is 16.1 Å². The lowest BCUT2D eigenvalue weighted by molar-refractivity contribution is -0.124. The molecule has 0 saturated carbocycles. The van der Waals surface area contributed by atoms with Crippen molar-refractivity contribution in [2.24, 2.45) is 0 Å². The molecule has 0 aromatic heterocycles. The van der Waals surface area contributed by atoms with Gasteiger partial charge in [0.1, 0.15) is 23.4 Å². The van der Waals surface area contributed by atoms with Crippen molar-refractivity contribution in [1.82, 2.24) is 4.90 Å². The van der Waals surface area contributed by atoms with Gasteiger partial charge in [-0.1, -0.05) is 18.2 Å². The molecule has 1 fully saturated rings. The number of nitrogens with zero attached hydrogens (tertiary/aromatic N) is 2. The molecule has 9 heteroatoms. The zero-order chi connectivity index (χ0) is 25.7. The monoisotopic (exact) mass is 491 g/mol. The molecular weight excluding hydrogens is 465 g/mol. The Morgan fingerprint density at radius 3 is 2.39 bits per heavy atom. The van der Waals surface area contributed by atoms with Gasteiger partial charge in [0, 0.05) is 18.3 Å². The van der Waals surface area contributed by atoms with Crippen molar-refractivity contribution in [3.63, 3.8) is 0 Å². The number of ether oxygens (including phenoxy) is 2. The molecule has 4 rings (SSSR count). The van der Waals surface area contributed by atoms with Gasteiger partial charge in [-0.15, -0.1) is 0 Å². The van der Waals surface area contributed by atoms with Gasteiger partial charge in [-0.2, -0.15) is 0 Å². The van der Waals surface area contributed by atoms with Crippen molar-refractivity contribution < 1.29 is 28.2 Å². The lowest BCUT2D eigenvalue weighted by Crippen LogP contribution is -2.37. The molecule has 186 valence electrons. The zero-order valence-corrected chi connectivity index (χ0v) is 19.9. The number of halogens is 1. The Bertz CT molecular complexity index is 1250. The lowest BCUT2D eigenvalue weighted by atomic mass is 10.1. The van der Waals surface area contributed by atoms with Crippen LogP contribution in [0.2, 0.25) is 0 Å². The van der Waals surface area contributed by atoms with Crippen molar-refractivity contribution in [3.8, 4) is 11.5 Å². The second-order valence-electron chi connectivity index (χ2n) is 8.14. The summed E-state index contributed by atoms with van der Waals surface area (Å²) in [5.41, 5.74) is 1.50. The number of amides is 4. The highest BCUT2D eigenvalue weighted by Gasteiger charge is 2.46. The van der Waals surface area contributed by atoms with Gasteiger partial charge in [0.2, 0.25) is 5.91 Å². The van der Waals surface area contributed by atoms with E-state index in [1.807, 2.05) is 6.92 Å². The number of carbonyl (C=O) groups excluding carboxylic acids is 3. The first-order valence-corrected chi connectivity index (χ1v) is 11.5. The first-order valence-electron chi connectivity index (χ1n) is 11.5. The zero-order valence-electron chi connectivity index (χ0n) is 19.9. The standard InChI is InChI=1S/C27H26FN3O5/c1-3-36-22-13-11-20(12-14-22)29-25(32)16-24-26(33)31(21-5-4-6-23(15-21)35-2)27(34)30(24)17-18-7-9-19(28)10-8-18/h4-15,24H,3,16-17H2,1-2H3,(H,29,32)/t24-/m0/s1. The molecule has 0 bridgehead atoms. The first kappa shape index (κ1) is 24.7. The van der Waals surface area contributed by atoms with E-state index < -0.39 is 29.7 Å². The van der Waals surface area contributed by atoms with Crippen LogP contribution in [0.15, 0.2) is 72.8 Å². The van der Waals surface area contributed by atoms with Crippen molar-refractivity contribution in [2.45, 2.75) is 25.9 Å². The van der Waals surface area contributed by atoms with Crippen LogP contribution in [0.5, 0.6) is 11.5 Å². The third kappa shape index (κ3) is 5.46. The van der Waals surface area contributed by atoms with E-state index in [1.165, 1.54) is 24.1 Å². The van der Waals surface area contributed by atoms with Crippen LogP contribution in [0.4, 0.5) is 20.6 Å². The molecule has 1 N–H and O–H groups in total. The Balaban J connectivity index is 1.57. The number of methoxy groups -OCH3 is 1. The second kappa shape index (κ2) is 10.9. The number of anilines is 2. The Labute approximate surface area is 208 Å². The van der Waals surface area contributed by atoms with Gasteiger partial charge in [-0.25, -0.2) is 14.1 Å². The Kier molecular flexibility index (Phi) is 7.48. The van der Waals surface area contributed by atoms with Gasteiger partial charge in [0.05, 0.1) is 25.8 Å². The van der Waals surface area contributed by atoms with E-state index >= 15 is 0 Å². The molecule has 36 heavy (non-hydrogen) atoms. The number of urea groups is 1. The Hall–Kier alpha value is -4.40. The predicted molar refractivity (Wildman–Crippen MR) is 132 cm³/mol. The summed E-state index contributed by atoms with van der Waals surface area (Å²) in [6, 6.07) is 17.5. The van der Waals surface area contributed by atoms with E-state index in [9.17, 15) is 18.8 Å². The topological polar surface area (TPSA) is 88.2 Å². The highest BCUT2D eigenvalue weighted by molar-refractivity contribution is 6.22. The summed E-state index contributed by atoms with van der Waals surface area (Å²) in [5, 5.41) is 2.77. The Morgan fingerprint density at radius 2 is 1.72 bits per heavy atom. The number of carbonyl (C=O) groups is 3. The van der Waals surface area contributed by atoms with Crippen LogP contribution >= 0.6 is 0 Å². The molecule has 3 aromatic carbocycles. The summed E-state index contributed by atoms with van der Waals surface area (Å²) in [6.45, 7) is 2.44. The summed E-state index contributed by atoms with van der Waals surface area (Å²) in [4.78, 5) is 42.1. The predicted octanol–water partition coefficient (Wildman–Crippen LogP) is 4.60. The molecule has 8 nitrogen and oxygen atoms in total. The van der Waals surface area contributed by atoms with E-state index in [-0.39, 0.29) is 13.0 Å². The summed E-state index contributed by atoms with van der Waals surface area (Å²) < 4.78 is 24.0. The van der Waals surface area contributed by atoms with Crippen LogP contribution in [0.3, 0.4) is 0 Å². The van der Waals surface area contributed by atoms with E-state index in [1.54, 1.807) is 60.7 Å². The SMILES string of the molecule is CCOc1ccc(NC(=O)C[C@H]2C(=O)N(c3cccc(OC)c3)C(=O)N2Cc2ccc(F)cc2)cc1. The highest BCUT2D eigenvalue weighted by atomic mass is 19.1. The van der Waals surface area contributed by atoms with Gasteiger partial charge in [-0.05, 0) is 61.0 Å². The number of hydrogen-bond acceptors (Lipinski definition) is 5. The molecule has 0 spiro atoms. The summed E-state index contributed by atoms with van der Waals surface area (Å²) >= 11 is 0. The summed E-state index contributed by atoms with van der Waals surface area (Å²) in [5.74, 6) is -0.215. The minimum Gasteiger partial charge on any atom is -0.497 e. The van der Waals surface area contributed by atoms with Gasteiger partial charge >= 0.3 is 6.03 Å². The van der Waals surface area contributed by atoms with Gasteiger partial charge in [-0.3, -0.25) is 9.59 Å². The summed E-state index contributed by atoms with van der Waals surface area (Å²) in [6.07, 6.45) is -0.251. The average molecular weight is 492 g/mol. The first-order chi connectivity index (χ1) is 17.4. The number of imide groups is 1. The molecule has 3 aromatic rings. The maximum atomic E-state index is 13.4. The van der Waals surface area contributed by atoms with E-state index in [0.29, 0.717) is 35.0 Å². The molecule has 1 atom stereocenters. The van der Waals surface area contributed by atoms with Crippen LogP contribution in [0, 0.1) is 5.82 Å². The average Bonchev–Trinajstić information content (AvgIpc) is 3.10. The number of rotatable bonds is 9. The van der Waals surface area contributed by atoms with Gasteiger partial charge < -0.3 is 19.7 Å². The third-order valence-electron chi connectivity index (χ3n) is 5.72. The van der Waals surface area contributed by atoms with Crippen LogP contribution in [-0.4, -0.2) is 42.5 Å². The molecule has 0 unspecified atom stereocenters. The third-order valence-corrected chi connectivity index (χ3v) is 5.72. The fraction of sp³-hybridized carbons (Fsp3) is 0.222. The fourth-order valence-corrected chi connectivity index (χ4v) is 3.98. The molecule has 1 heterocycles.